The minimum absolute atomic E-state index is 0.101. The Morgan fingerprint density at radius 3 is 2.68 bits per heavy atom. The number of halogens is 2. The molecule has 1 N–H and O–H groups in total. The molecule has 4 nitrogen and oxygen atoms in total. The quantitative estimate of drug-likeness (QED) is 0.566. The summed E-state index contributed by atoms with van der Waals surface area (Å²) in [7, 11) is 0. The fourth-order valence-electron chi connectivity index (χ4n) is 3.27. The van der Waals surface area contributed by atoms with Gasteiger partial charge in [-0.25, -0.2) is 4.39 Å². The number of nitrogens with zero attached hydrogens (tertiary/aromatic N) is 2. The number of nitriles is 1. The predicted molar refractivity (Wildman–Crippen MR) is 111 cm³/mol. The molecule has 3 rings (SSSR count). The molecule has 0 spiro atoms. The standard InChI is InChI=1S/C22H21ClFN3O/c1-14-10-21(27-8-3-4-9-27)19(24)12-16(14)11-17(13-25)22(28)26-20-7-5-6-18(23)15(20)2/h5-7,10-12H,3-4,8-9H2,1-2H3,(H,26,28). The predicted octanol–water partition coefficient (Wildman–Crippen LogP) is 5.24. The maximum absolute atomic E-state index is 14.6. The third kappa shape index (κ3) is 4.18. The molecular weight excluding hydrogens is 377 g/mol. The summed E-state index contributed by atoms with van der Waals surface area (Å²) in [6.45, 7) is 5.32. The maximum Gasteiger partial charge on any atom is 0.266 e. The molecule has 1 fully saturated rings. The van der Waals surface area contributed by atoms with Gasteiger partial charge in [0.05, 0.1) is 5.69 Å². The van der Waals surface area contributed by atoms with E-state index in [0.29, 0.717) is 27.5 Å². The van der Waals surface area contributed by atoms with E-state index in [0.717, 1.165) is 31.5 Å². The van der Waals surface area contributed by atoms with Crippen molar-refractivity contribution in [2.24, 2.45) is 0 Å². The summed E-state index contributed by atoms with van der Waals surface area (Å²) in [5, 5.41) is 12.7. The van der Waals surface area contributed by atoms with E-state index in [-0.39, 0.29) is 11.4 Å². The molecule has 0 atom stereocenters. The zero-order valence-corrected chi connectivity index (χ0v) is 16.6. The number of aryl methyl sites for hydroxylation is 1. The highest BCUT2D eigenvalue weighted by Crippen LogP contribution is 2.28. The zero-order valence-electron chi connectivity index (χ0n) is 15.9. The molecule has 1 amide bonds. The Morgan fingerprint density at radius 1 is 1.29 bits per heavy atom. The van der Waals surface area contributed by atoms with Crippen molar-refractivity contribution in [2.45, 2.75) is 26.7 Å². The Labute approximate surface area is 169 Å². The van der Waals surface area contributed by atoms with Gasteiger partial charge >= 0.3 is 0 Å². The zero-order chi connectivity index (χ0) is 20.3. The van der Waals surface area contributed by atoms with E-state index >= 15 is 0 Å². The largest absolute Gasteiger partial charge is 0.369 e. The van der Waals surface area contributed by atoms with Crippen LogP contribution in [-0.2, 0) is 4.79 Å². The lowest BCUT2D eigenvalue weighted by Gasteiger charge is -2.19. The average Bonchev–Trinajstić information content (AvgIpc) is 3.20. The van der Waals surface area contributed by atoms with Gasteiger partial charge in [-0.1, -0.05) is 17.7 Å². The monoisotopic (exact) mass is 397 g/mol. The van der Waals surface area contributed by atoms with Crippen LogP contribution < -0.4 is 10.2 Å². The van der Waals surface area contributed by atoms with Crippen molar-refractivity contribution in [2.75, 3.05) is 23.3 Å². The Balaban J connectivity index is 1.87. The first-order chi connectivity index (χ1) is 13.4. The highest BCUT2D eigenvalue weighted by atomic mass is 35.5. The van der Waals surface area contributed by atoms with Crippen molar-refractivity contribution in [3.63, 3.8) is 0 Å². The summed E-state index contributed by atoms with van der Waals surface area (Å²) >= 11 is 6.07. The van der Waals surface area contributed by atoms with Gasteiger partial charge in [-0.05, 0) is 73.7 Å². The third-order valence-electron chi connectivity index (χ3n) is 4.96. The highest BCUT2D eigenvalue weighted by molar-refractivity contribution is 6.31. The van der Waals surface area contributed by atoms with Crippen LogP contribution in [0.5, 0.6) is 0 Å². The van der Waals surface area contributed by atoms with Crippen LogP contribution in [0.15, 0.2) is 35.9 Å². The number of rotatable bonds is 4. The molecule has 1 saturated heterocycles. The summed E-state index contributed by atoms with van der Waals surface area (Å²) < 4.78 is 14.6. The van der Waals surface area contributed by atoms with Gasteiger partial charge in [0.1, 0.15) is 17.5 Å². The van der Waals surface area contributed by atoms with Crippen LogP contribution in [0.3, 0.4) is 0 Å². The van der Waals surface area contributed by atoms with Gasteiger partial charge in [-0.2, -0.15) is 5.26 Å². The second-order valence-corrected chi connectivity index (χ2v) is 7.30. The number of benzene rings is 2. The Hall–Kier alpha value is -2.84. The van der Waals surface area contributed by atoms with E-state index < -0.39 is 5.91 Å². The second-order valence-electron chi connectivity index (χ2n) is 6.89. The number of carbonyl (C=O) groups is 1. The van der Waals surface area contributed by atoms with Crippen molar-refractivity contribution in [1.29, 1.82) is 5.26 Å². The fourth-order valence-corrected chi connectivity index (χ4v) is 3.45. The van der Waals surface area contributed by atoms with Crippen molar-refractivity contribution in [3.05, 3.63) is 63.4 Å². The van der Waals surface area contributed by atoms with Crippen LogP contribution in [0, 0.1) is 31.0 Å². The molecule has 0 radical (unpaired) electrons. The Bertz CT molecular complexity index is 988. The van der Waals surface area contributed by atoms with Gasteiger partial charge in [0.15, 0.2) is 0 Å². The molecule has 0 unspecified atom stereocenters. The molecule has 2 aromatic carbocycles. The van der Waals surface area contributed by atoms with Crippen LogP contribution in [0.25, 0.3) is 6.08 Å². The number of nitrogens with one attached hydrogen (secondary N) is 1. The minimum atomic E-state index is -0.559. The second kappa shape index (κ2) is 8.45. The molecule has 1 heterocycles. The van der Waals surface area contributed by atoms with Gasteiger partial charge in [0.25, 0.3) is 5.91 Å². The summed E-state index contributed by atoms with van der Waals surface area (Å²) in [6.07, 6.45) is 3.53. The van der Waals surface area contributed by atoms with E-state index in [2.05, 4.69) is 5.32 Å². The molecule has 0 aromatic heterocycles. The molecule has 1 aliphatic rings. The lowest BCUT2D eigenvalue weighted by molar-refractivity contribution is -0.112. The van der Waals surface area contributed by atoms with Gasteiger partial charge in [0, 0.05) is 23.8 Å². The lowest BCUT2D eigenvalue weighted by atomic mass is 10.0. The number of hydrogen-bond donors (Lipinski definition) is 1. The van der Waals surface area contributed by atoms with Crippen LogP contribution >= 0.6 is 11.6 Å². The highest BCUT2D eigenvalue weighted by Gasteiger charge is 2.18. The average molecular weight is 398 g/mol. The van der Waals surface area contributed by atoms with Crippen molar-refractivity contribution < 1.29 is 9.18 Å². The Morgan fingerprint density at radius 2 is 2.00 bits per heavy atom. The van der Waals surface area contributed by atoms with Crippen molar-refractivity contribution in [3.8, 4) is 6.07 Å². The Kier molecular flexibility index (Phi) is 6.01. The first-order valence-corrected chi connectivity index (χ1v) is 9.52. The number of anilines is 2. The van der Waals surface area contributed by atoms with Crippen LogP contribution in [0.2, 0.25) is 5.02 Å². The van der Waals surface area contributed by atoms with Crippen molar-refractivity contribution >= 4 is 35.0 Å². The summed E-state index contributed by atoms with van der Waals surface area (Å²) in [5.41, 5.74) is 3.04. The first kappa shape index (κ1) is 19.9. The summed E-state index contributed by atoms with van der Waals surface area (Å²) in [5.74, 6) is -0.904. The molecule has 2 aromatic rings. The fraction of sp³-hybridized carbons (Fsp3) is 0.273. The van der Waals surface area contributed by atoms with E-state index in [9.17, 15) is 14.4 Å². The maximum atomic E-state index is 14.6. The van der Waals surface area contributed by atoms with E-state index in [1.165, 1.54) is 12.1 Å². The van der Waals surface area contributed by atoms with Gasteiger partial charge in [0.2, 0.25) is 0 Å². The number of hydrogen-bond acceptors (Lipinski definition) is 3. The van der Waals surface area contributed by atoms with Crippen LogP contribution in [0.1, 0.15) is 29.5 Å². The van der Waals surface area contributed by atoms with Crippen LogP contribution in [0.4, 0.5) is 15.8 Å². The van der Waals surface area contributed by atoms with Crippen molar-refractivity contribution in [1.82, 2.24) is 0 Å². The van der Waals surface area contributed by atoms with E-state index in [1.54, 1.807) is 31.2 Å². The SMILES string of the molecule is Cc1cc(N2CCCC2)c(F)cc1C=C(C#N)C(=O)Nc1cccc(Cl)c1C. The smallest absolute Gasteiger partial charge is 0.266 e. The van der Waals surface area contributed by atoms with E-state index in [1.807, 2.05) is 17.9 Å². The normalized spacial score (nSPS) is 14.1. The summed E-state index contributed by atoms with van der Waals surface area (Å²) in [4.78, 5) is 14.6. The molecule has 0 aliphatic carbocycles. The molecule has 144 valence electrons. The molecule has 6 heteroatoms. The van der Waals surface area contributed by atoms with E-state index in [4.69, 9.17) is 11.6 Å². The topological polar surface area (TPSA) is 56.1 Å². The molecular formula is C22H21ClFN3O. The van der Waals surface area contributed by atoms with Crippen LogP contribution in [-0.4, -0.2) is 19.0 Å². The van der Waals surface area contributed by atoms with Gasteiger partial charge in [-0.15, -0.1) is 0 Å². The lowest BCUT2D eigenvalue weighted by Crippen LogP contribution is -2.19. The molecule has 0 bridgehead atoms. The summed E-state index contributed by atoms with van der Waals surface area (Å²) in [6, 6.07) is 10.2. The number of amides is 1. The molecule has 0 saturated carbocycles. The molecule has 28 heavy (non-hydrogen) atoms. The molecule has 1 aliphatic heterocycles. The number of carbonyl (C=O) groups excluding carboxylic acids is 1. The van der Waals surface area contributed by atoms with Gasteiger partial charge in [-0.3, -0.25) is 4.79 Å². The minimum Gasteiger partial charge on any atom is -0.369 e. The third-order valence-corrected chi connectivity index (χ3v) is 5.37. The van der Waals surface area contributed by atoms with Gasteiger partial charge < -0.3 is 10.2 Å². The first-order valence-electron chi connectivity index (χ1n) is 9.14.